The zero-order valence-corrected chi connectivity index (χ0v) is 11.0. The molecule has 0 aromatic carbocycles. The highest BCUT2D eigenvalue weighted by molar-refractivity contribution is 7.99. The van der Waals surface area contributed by atoms with Gasteiger partial charge >= 0.3 is 0 Å². The summed E-state index contributed by atoms with van der Waals surface area (Å²) in [6.45, 7) is 0. The molecule has 1 saturated heterocycles. The molecule has 0 aliphatic carbocycles. The Morgan fingerprint density at radius 2 is 2.41 bits per heavy atom. The first-order chi connectivity index (χ1) is 8.34. The van der Waals surface area contributed by atoms with Gasteiger partial charge in [0, 0.05) is 12.6 Å². The molecule has 2 aromatic heterocycles. The molecule has 17 heavy (non-hydrogen) atoms. The zero-order chi connectivity index (χ0) is 11.7. The molecular formula is C12H14ClN3S. The Bertz CT molecular complexity index is 519. The van der Waals surface area contributed by atoms with Crippen molar-refractivity contribution in [2.75, 3.05) is 11.5 Å². The van der Waals surface area contributed by atoms with Gasteiger partial charge in [0.2, 0.25) is 0 Å². The average molecular weight is 268 g/mol. The molecule has 0 spiro atoms. The van der Waals surface area contributed by atoms with E-state index in [1.54, 1.807) is 0 Å². The summed E-state index contributed by atoms with van der Waals surface area (Å²) < 4.78 is 2.02. The van der Waals surface area contributed by atoms with Crippen molar-refractivity contribution >= 4 is 29.0 Å². The molecule has 3 nitrogen and oxygen atoms in total. The Morgan fingerprint density at radius 3 is 3.24 bits per heavy atom. The molecule has 1 aliphatic heterocycles. The molecule has 5 heteroatoms. The number of halogens is 1. The van der Waals surface area contributed by atoms with Crippen LogP contribution in [0.4, 0.5) is 0 Å². The van der Waals surface area contributed by atoms with E-state index in [0.29, 0.717) is 5.02 Å². The van der Waals surface area contributed by atoms with Gasteiger partial charge in [0.15, 0.2) is 5.65 Å². The van der Waals surface area contributed by atoms with E-state index in [9.17, 15) is 0 Å². The third kappa shape index (κ3) is 2.29. The number of thioether (sulfide) groups is 1. The maximum Gasteiger partial charge on any atom is 0.179 e. The lowest BCUT2D eigenvalue weighted by Crippen LogP contribution is -2.14. The first kappa shape index (κ1) is 11.4. The lowest BCUT2D eigenvalue weighted by molar-refractivity contribution is 0.506. The van der Waals surface area contributed by atoms with Crippen LogP contribution < -0.4 is 0 Å². The van der Waals surface area contributed by atoms with Crippen LogP contribution in [-0.4, -0.2) is 26.1 Å². The van der Waals surface area contributed by atoms with Crippen molar-refractivity contribution in [3.8, 4) is 0 Å². The largest absolute Gasteiger partial charge is 0.285 e. The van der Waals surface area contributed by atoms with E-state index in [1.165, 1.54) is 24.3 Å². The molecule has 0 radical (unpaired) electrons. The minimum absolute atomic E-state index is 0.671. The van der Waals surface area contributed by atoms with Gasteiger partial charge in [-0.05, 0) is 42.4 Å². The van der Waals surface area contributed by atoms with Gasteiger partial charge in [-0.25, -0.2) is 0 Å². The Labute approximate surface area is 110 Å². The number of aromatic nitrogens is 3. The van der Waals surface area contributed by atoms with Crippen LogP contribution in [0.2, 0.25) is 5.02 Å². The van der Waals surface area contributed by atoms with Crippen LogP contribution in [0.15, 0.2) is 18.3 Å². The highest BCUT2D eigenvalue weighted by Gasteiger charge is 2.17. The number of pyridine rings is 1. The highest BCUT2D eigenvalue weighted by Crippen LogP contribution is 2.26. The second kappa shape index (κ2) is 4.86. The van der Waals surface area contributed by atoms with Gasteiger partial charge in [-0.2, -0.15) is 11.8 Å². The molecule has 90 valence electrons. The number of hydrogen-bond donors (Lipinski definition) is 0. The lowest BCUT2D eigenvalue weighted by atomic mass is 10.0. The van der Waals surface area contributed by atoms with Crippen LogP contribution in [0.25, 0.3) is 5.65 Å². The van der Waals surface area contributed by atoms with Gasteiger partial charge in [0.1, 0.15) is 5.82 Å². The third-order valence-electron chi connectivity index (χ3n) is 3.18. The Hall–Kier alpha value is -0.740. The van der Waals surface area contributed by atoms with Crippen LogP contribution in [0, 0.1) is 5.92 Å². The Kier molecular flexibility index (Phi) is 3.25. The number of fused-ring (bicyclic) bond motifs is 1. The Balaban J connectivity index is 1.87. The van der Waals surface area contributed by atoms with Gasteiger partial charge in [-0.1, -0.05) is 11.6 Å². The van der Waals surface area contributed by atoms with E-state index < -0.39 is 0 Å². The summed E-state index contributed by atoms with van der Waals surface area (Å²) in [5, 5.41) is 9.10. The Morgan fingerprint density at radius 1 is 1.47 bits per heavy atom. The minimum atomic E-state index is 0.671. The second-order valence-corrected chi connectivity index (χ2v) is 6.01. The fourth-order valence-corrected chi connectivity index (χ4v) is 3.65. The molecule has 0 N–H and O–H groups in total. The maximum absolute atomic E-state index is 6.09. The van der Waals surface area contributed by atoms with Crippen molar-refractivity contribution in [3.63, 3.8) is 0 Å². The van der Waals surface area contributed by atoms with E-state index in [2.05, 4.69) is 10.2 Å². The topological polar surface area (TPSA) is 30.2 Å². The quantitative estimate of drug-likeness (QED) is 0.838. The first-order valence-corrected chi connectivity index (χ1v) is 7.44. The van der Waals surface area contributed by atoms with Crippen molar-refractivity contribution in [3.05, 3.63) is 29.2 Å². The second-order valence-electron chi connectivity index (χ2n) is 4.45. The fourth-order valence-electron chi connectivity index (χ4n) is 2.30. The third-order valence-corrected chi connectivity index (χ3v) is 4.76. The summed E-state index contributed by atoms with van der Waals surface area (Å²) in [7, 11) is 0. The predicted octanol–water partition coefficient (Wildman–Crippen LogP) is 3.07. The fraction of sp³-hybridized carbons (Fsp3) is 0.500. The van der Waals surface area contributed by atoms with E-state index >= 15 is 0 Å². The normalized spacial score (nSPS) is 20.9. The van der Waals surface area contributed by atoms with Crippen LogP contribution in [0.1, 0.15) is 18.7 Å². The minimum Gasteiger partial charge on any atom is -0.285 e. The molecule has 0 saturated carbocycles. The molecule has 1 unspecified atom stereocenters. The standard InChI is InChI=1S/C12H14ClN3S/c13-10-4-1-5-16-11(14-15-12(10)16)7-9-3-2-6-17-8-9/h1,4-5,9H,2-3,6-8H2. The first-order valence-electron chi connectivity index (χ1n) is 5.90. The van der Waals surface area contributed by atoms with Crippen LogP contribution in [0.5, 0.6) is 0 Å². The van der Waals surface area contributed by atoms with Crippen molar-refractivity contribution in [1.29, 1.82) is 0 Å². The summed E-state index contributed by atoms with van der Waals surface area (Å²) in [6.07, 6.45) is 5.64. The van der Waals surface area contributed by atoms with Crippen LogP contribution >= 0.6 is 23.4 Å². The molecular weight excluding hydrogens is 254 g/mol. The van der Waals surface area contributed by atoms with Crippen molar-refractivity contribution < 1.29 is 0 Å². The maximum atomic E-state index is 6.09. The summed E-state index contributed by atoms with van der Waals surface area (Å²) in [6, 6.07) is 3.80. The molecule has 2 aromatic rings. The van der Waals surface area contributed by atoms with Gasteiger partial charge in [-0.15, -0.1) is 10.2 Å². The molecule has 1 atom stereocenters. The molecule has 1 fully saturated rings. The van der Waals surface area contributed by atoms with Crippen molar-refractivity contribution in [2.24, 2.45) is 5.92 Å². The van der Waals surface area contributed by atoms with Gasteiger partial charge < -0.3 is 0 Å². The van der Waals surface area contributed by atoms with Gasteiger partial charge in [0.05, 0.1) is 5.02 Å². The van der Waals surface area contributed by atoms with Crippen LogP contribution in [0.3, 0.4) is 0 Å². The van der Waals surface area contributed by atoms with Gasteiger partial charge in [0.25, 0.3) is 0 Å². The smallest absolute Gasteiger partial charge is 0.179 e. The average Bonchev–Trinajstić information content (AvgIpc) is 2.76. The molecule has 0 amide bonds. The summed E-state index contributed by atoms with van der Waals surface area (Å²) in [5.41, 5.74) is 0.771. The molecule has 0 bridgehead atoms. The number of rotatable bonds is 2. The molecule has 1 aliphatic rings. The van der Waals surface area contributed by atoms with E-state index in [4.69, 9.17) is 11.6 Å². The number of hydrogen-bond acceptors (Lipinski definition) is 3. The highest BCUT2D eigenvalue weighted by atomic mass is 35.5. The van der Waals surface area contributed by atoms with Crippen molar-refractivity contribution in [2.45, 2.75) is 19.3 Å². The van der Waals surface area contributed by atoms with Crippen LogP contribution in [-0.2, 0) is 6.42 Å². The van der Waals surface area contributed by atoms with Crippen molar-refractivity contribution in [1.82, 2.24) is 14.6 Å². The lowest BCUT2D eigenvalue weighted by Gasteiger charge is -2.20. The summed E-state index contributed by atoms with van der Waals surface area (Å²) >= 11 is 8.14. The van der Waals surface area contributed by atoms with E-state index in [-0.39, 0.29) is 0 Å². The van der Waals surface area contributed by atoms with E-state index in [0.717, 1.165) is 23.8 Å². The molecule has 3 rings (SSSR count). The monoisotopic (exact) mass is 267 g/mol. The predicted molar refractivity (Wildman–Crippen MR) is 71.8 cm³/mol. The SMILES string of the molecule is Clc1cccn2c(CC3CCCSC3)nnc12. The van der Waals surface area contributed by atoms with E-state index in [1.807, 2.05) is 34.5 Å². The van der Waals surface area contributed by atoms with Gasteiger partial charge in [-0.3, -0.25) is 4.40 Å². The summed E-state index contributed by atoms with van der Waals surface area (Å²) in [4.78, 5) is 0. The molecule has 3 heterocycles. The number of nitrogens with zero attached hydrogens (tertiary/aromatic N) is 3. The zero-order valence-electron chi connectivity index (χ0n) is 9.47. The summed E-state index contributed by atoms with van der Waals surface area (Å²) in [5.74, 6) is 4.33.